The van der Waals surface area contributed by atoms with Crippen LogP contribution in [-0.2, 0) is 4.79 Å². The fourth-order valence-corrected chi connectivity index (χ4v) is 0.996. The number of ketones is 1. The van der Waals surface area contributed by atoms with Crippen molar-refractivity contribution in [1.29, 1.82) is 0 Å². The van der Waals surface area contributed by atoms with E-state index in [4.69, 9.17) is 5.11 Å². The summed E-state index contributed by atoms with van der Waals surface area (Å²) < 4.78 is 0. The molecule has 1 saturated carbocycles. The molecule has 0 aromatic heterocycles. The molecule has 1 aliphatic rings. The number of aliphatic hydroxyl groups is 1. The summed E-state index contributed by atoms with van der Waals surface area (Å²) in [5.74, 6) is -0.128. The Labute approximate surface area is 66.1 Å². The van der Waals surface area contributed by atoms with Crippen LogP contribution in [0.15, 0.2) is 12.0 Å². The number of allylic oxidation sites excluding steroid dienone is 1. The maximum absolute atomic E-state index is 10.5. The van der Waals surface area contributed by atoms with Gasteiger partial charge in [-0.3, -0.25) is 4.79 Å². The van der Waals surface area contributed by atoms with E-state index < -0.39 is 0 Å². The van der Waals surface area contributed by atoms with Gasteiger partial charge in [0.2, 0.25) is 0 Å². The molecule has 0 heterocycles. The minimum atomic E-state index is -0.130. The lowest BCUT2D eigenvalue weighted by Crippen LogP contribution is -2.34. The van der Waals surface area contributed by atoms with Crippen molar-refractivity contribution in [3.8, 4) is 0 Å². The van der Waals surface area contributed by atoms with E-state index in [1.54, 1.807) is 0 Å². The molecule has 0 bridgehead atoms. The normalized spacial score (nSPS) is 19.2. The largest absolute Gasteiger partial charge is 0.495 e. The molecule has 1 fully saturated rings. The van der Waals surface area contributed by atoms with Crippen molar-refractivity contribution in [3.63, 3.8) is 0 Å². The van der Waals surface area contributed by atoms with Crippen molar-refractivity contribution in [2.24, 2.45) is 0 Å². The number of aliphatic hydroxyl groups excluding tert-OH is 1. The van der Waals surface area contributed by atoms with Gasteiger partial charge in [-0.05, 0) is 26.2 Å². The van der Waals surface area contributed by atoms with E-state index >= 15 is 0 Å². The Balaban J connectivity index is 2.29. The van der Waals surface area contributed by atoms with E-state index in [1.165, 1.54) is 19.4 Å². The Bertz CT molecular complexity index is 183. The molecule has 0 spiro atoms. The predicted octanol–water partition coefficient (Wildman–Crippen LogP) is 1.12. The minimum absolute atomic E-state index is 0.00204. The van der Waals surface area contributed by atoms with Crippen LogP contribution in [0.3, 0.4) is 0 Å². The summed E-state index contributed by atoms with van der Waals surface area (Å²) in [5, 5.41) is 11.9. The van der Waals surface area contributed by atoms with E-state index in [1.807, 2.05) is 0 Å². The Morgan fingerprint density at radius 3 is 2.64 bits per heavy atom. The quantitative estimate of drug-likeness (QED) is 0.474. The molecule has 2 N–H and O–H groups in total. The smallest absolute Gasteiger partial charge is 0.187 e. The van der Waals surface area contributed by atoms with Crippen molar-refractivity contribution >= 4 is 5.78 Å². The molecule has 3 nitrogen and oxygen atoms in total. The van der Waals surface area contributed by atoms with Crippen LogP contribution in [0.4, 0.5) is 0 Å². The van der Waals surface area contributed by atoms with Crippen LogP contribution in [0.5, 0.6) is 0 Å². The molecule has 11 heavy (non-hydrogen) atoms. The third kappa shape index (κ3) is 2.62. The van der Waals surface area contributed by atoms with Gasteiger partial charge in [0.15, 0.2) is 11.7 Å². The van der Waals surface area contributed by atoms with E-state index in [-0.39, 0.29) is 11.7 Å². The highest BCUT2D eigenvalue weighted by Gasteiger charge is 2.17. The number of hydrogen-bond acceptors (Lipinski definition) is 3. The van der Waals surface area contributed by atoms with Crippen molar-refractivity contribution < 1.29 is 9.90 Å². The minimum Gasteiger partial charge on any atom is -0.495 e. The van der Waals surface area contributed by atoms with Gasteiger partial charge >= 0.3 is 0 Å². The van der Waals surface area contributed by atoms with E-state index in [0.29, 0.717) is 6.04 Å². The van der Waals surface area contributed by atoms with Crippen LogP contribution in [0, 0.1) is 0 Å². The molecule has 0 amide bonds. The second-order valence-corrected chi connectivity index (χ2v) is 2.91. The SMILES string of the molecule is CC(=O)/C=C(\O)NC1CCC1. The van der Waals surface area contributed by atoms with Gasteiger partial charge in [0.1, 0.15) is 0 Å². The maximum atomic E-state index is 10.5. The van der Waals surface area contributed by atoms with Crippen molar-refractivity contribution in [2.75, 3.05) is 0 Å². The average Bonchev–Trinajstić information content (AvgIpc) is 1.77. The topological polar surface area (TPSA) is 49.3 Å². The van der Waals surface area contributed by atoms with Crippen LogP contribution in [-0.4, -0.2) is 16.9 Å². The molecule has 0 radical (unpaired) electrons. The van der Waals surface area contributed by atoms with Gasteiger partial charge in [-0.25, -0.2) is 0 Å². The first kappa shape index (κ1) is 8.11. The van der Waals surface area contributed by atoms with Crippen molar-refractivity contribution in [2.45, 2.75) is 32.2 Å². The molecule has 0 aromatic carbocycles. The highest BCUT2D eigenvalue weighted by atomic mass is 16.3. The fraction of sp³-hybridized carbons (Fsp3) is 0.625. The van der Waals surface area contributed by atoms with Gasteiger partial charge in [0.25, 0.3) is 0 Å². The Morgan fingerprint density at radius 2 is 2.27 bits per heavy atom. The van der Waals surface area contributed by atoms with Crippen molar-refractivity contribution in [1.82, 2.24) is 5.32 Å². The maximum Gasteiger partial charge on any atom is 0.187 e. The number of carbonyl (C=O) groups is 1. The van der Waals surface area contributed by atoms with E-state index in [2.05, 4.69) is 5.32 Å². The van der Waals surface area contributed by atoms with Crippen LogP contribution >= 0.6 is 0 Å². The molecule has 3 heteroatoms. The highest BCUT2D eigenvalue weighted by Crippen LogP contribution is 2.18. The number of hydrogen-bond donors (Lipinski definition) is 2. The fourth-order valence-electron chi connectivity index (χ4n) is 0.996. The first-order valence-corrected chi connectivity index (χ1v) is 3.86. The summed E-state index contributed by atoms with van der Waals surface area (Å²) in [4.78, 5) is 10.5. The molecule has 0 saturated heterocycles. The molecule has 1 rings (SSSR count). The van der Waals surface area contributed by atoms with Crippen LogP contribution in [0.2, 0.25) is 0 Å². The second kappa shape index (κ2) is 3.42. The van der Waals surface area contributed by atoms with Crippen LogP contribution < -0.4 is 5.32 Å². The predicted molar refractivity (Wildman–Crippen MR) is 42.2 cm³/mol. The number of rotatable bonds is 3. The lowest BCUT2D eigenvalue weighted by Gasteiger charge is -2.26. The molecule has 0 unspecified atom stereocenters. The van der Waals surface area contributed by atoms with Crippen LogP contribution in [0.25, 0.3) is 0 Å². The molecule has 62 valence electrons. The monoisotopic (exact) mass is 155 g/mol. The standard InChI is InChI=1S/C8H13NO2/c1-6(10)5-8(11)9-7-3-2-4-7/h5,7,9,11H,2-4H2,1H3/b8-5-. The molecule has 0 aliphatic heterocycles. The Morgan fingerprint density at radius 1 is 1.64 bits per heavy atom. The molecular weight excluding hydrogens is 142 g/mol. The first-order valence-electron chi connectivity index (χ1n) is 3.86. The highest BCUT2D eigenvalue weighted by molar-refractivity contribution is 5.87. The second-order valence-electron chi connectivity index (χ2n) is 2.91. The average molecular weight is 155 g/mol. The van der Waals surface area contributed by atoms with Gasteiger partial charge in [0.05, 0.1) is 0 Å². The lowest BCUT2D eigenvalue weighted by atomic mass is 9.93. The third-order valence-electron chi connectivity index (χ3n) is 1.80. The van der Waals surface area contributed by atoms with E-state index in [0.717, 1.165) is 12.8 Å². The lowest BCUT2D eigenvalue weighted by molar-refractivity contribution is -0.112. The molecule has 0 aromatic rings. The number of nitrogens with one attached hydrogen (secondary N) is 1. The molecular formula is C8H13NO2. The summed E-state index contributed by atoms with van der Waals surface area (Å²) >= 11 is 0. The molecule has 0 atom stereocenters. The molecule has 1 aliphatic carbocycles. The van der Waals surface area contributed by atoms with Gasteiger partial charge in [0, 0.05) is 12.1 Å². The Hall–Kier alpha value is -0.990. The van der Waals surface area contributed by atoms with Gasteiger partial charge in [-0.15, -0.1) is 0 Å². The van der Waals surface area contributed by atoms with Gasteiger partial charge < -0.3 is 10.4 Å². The summed E-state index contributed by atoms with van der Waals surface area (Å²) in [6.07, 6.45) is 4.61. The summed E-state index contributed by atoms with van der Waals surface area (Å²) in [7, 11) is 0. The summed E-state index contributed by atoms with van der Waals surface area (Å²) in [6.45, 7) is 1.42. The van der Waals surface area contributed by atoms with Crippen LogP contribution in [0.1, 0.15) is 26.2 Å². The summed E-state index contributed by atoms with van der Waals surface area (Å²) in [5.41, 5.74) is 0. The first-order chi connectivity index (χ1) is 5.18. The zero-order valence-electron chi connectivity index (χ0n) is 6.63. The zero-order valence-corrected chi connectivity index (χ0v) is 6.63. The van der Waals surface area contributed by atoms with Gasteiger partial charge in [-0.1, -0.05) is 0 Å². The Kier molecular flexibility index (Phi) is 2.52. The van der Waals surface area contributed by atoms with E-state index in [9.17, 15) is 4.79 Å². The van der Waals surface area contributed by atoms with Crippen molar-refractivity contribution in [3.05, 3.63) is 12.0 Å². The summed E-state index contributed by atoms with van der Waals surface area (Å²) in [6, 6.07) is 0.380. The number of carbonyl (C=O) groups excluding carboxylic acids is 1. The zero-order chi connectivity index (χ0) is 8.27. The third-order valence-corrected chi connectivity index (χ3v) is 1.80. The van der Waals surface area contributed by atoms with Gasteiger partial charge in [-0.2, -0.15) is 0 Å².